The van der Waals surface area contributed by atoms with E-state index in [0.29, 0.717) is 0 Å². The van der Waals surface area contributed by atoms with Crippen LogP contribution < -0.4 is 11.1 Å². The number of pyridine rings is 1. The zero-order valence-corrected chi connectivity index (χ0v) is 9.30. The number of rotatable bonds is 1. The minimum Gasteiger partial charge on any atom is -0.309 e. The maximum atomic E-state index is 11.1. The number of H-pyrrole nitrogens is 2. The number of halogens is 2. The van der Waals surface area contributed by atoms with Crippen LogP contribution in [0.2, 0.25) is 10.2 Å². The first-order valence-electron chi connectivity index (χ1n) is 4.07. The van der Waals surface area contributed by atoms with Crippen molar-refractivity contribution in [3.05, 3.63) is 41.0 Å². The molecule has 0 bridgehead atoms. The number of fused-ring (bicyclic) bond motifs is 1. The van der Waals surface area contributed by atoms with Gasteiger partial charge in [0.2, 0.25) is 0 Å². The molecule has 2 N–H and O–H groups in total. The van der Waals surface area contributed by atoms with E-state index < -0.39 is 26.8 Å². The Morgan fingerprint density at radius 1 is 1.18 bits per heavy atom. The normalized spacial score (nSPS) is 10.7. The molecule has 0 radical (unpaired) electrons. The van der Waals surface area contributed by atoms with Gasteiger partial charge < -0.3 is 9.97 Å². The maximum absolute atomic E-state index is 11.1. The molecule has 8 nitrogen and oxygen atoms in total. The number of hydrogen-bond donors (Lipinski definition) is 2. The van der Waals surface area contributed by atoms with E-state index in [4.69, 9.17) is 23.2 Å². The third-order valence-electron chi connectivity index (χ3n) is 1.93. The highest BCUT2D eigenvalue weighted by Crippen LogP contribution is 2.34. The number of hydrogen-bond acceptors (Lipinski definition) is 5. The van der Waals surface area contributed by atoms with Crippen LogP contribution in [-0.2, 0) is 0 Å². The van der Waals surface area contributed by atoms with Crippen molar-refractivity contribution in [1.82, 2.24) is 15.0 Å². The maximum Gasteiger partial charge on any atom is 0.318 e. The van der Waals surface area contributed by atoms with Crippen molar-refractivity contribution < 1.29 is 4.92 Å². The first kappa shape index (κ1) is 11.6. The third-order valence-corrected chi connectivity index (χ3v) is 2.66. The molecular weight excluding hydrogens is 275 g/mol. The molecule has 0 aliphatic heterocycles. The van der Waals surface area contributed by atoms with Crippen LogP contribution in [-0.4, -0.2) is 19.9 Å². The molecule has 0 spiro atoms. The smallest absolute Gasteiger partial charge is 0.309 e. The summed E-state index contributed by atoms with van der Waals surface area (Å²) in [5.41, 5.74) is -3.14. The van der Waals surface area contributed by atoms with Crippen LogP contribution in [0.1, 0.15) is 0 Å². The predicted octanol–water partition coefficient (Wildman–Crippen LogP) is 0.826. The molecule has 0 unspecified atom stereocenters. The van der Waals surface area contributed by atoms with Crippen molar-refractivity contribution in [2.45, 2.75) is 0 Å². The van der Waals surface area contributed by atoms with E-state index >= 15 is 0 Å². The minimum atomic E-state index is -1.04. The van der Waals surface area contributed by atoms with Crippen LogP contribution in [0.25, 0.3) is 11.2 Å². The highest BCUT2D eigenvalue weighted by atomic mass is 35.5. The Labute approximate surface area is 101 Å². The number of nitrogens with one attached hydrogen (secondary N) is 2. The highest BCUT2D eigenvalue weighted by Gasteiger charge is 2.23. The standard InChI is InChI=1S/C7H2Cl2N4O4/c8-1-3(13(16)17)2-5(11-4(1)9)12-7(15)6(14)10-2/h(H,10,14)(H,11,12,15). The number of aromatic amines is 2. The number of aromatic nitrogens is 3. The van der Waals surface area contributed by atoms with Gasteiger partial charge in [-0.05, 0) is 0 Å². The second-order valence-electron chi connectivity index (χ2n) is 2.95. The average molecular weight is 277 g/mol. The fourth-order valence-corrected chi connectivity index (χ4v) is 1.62. The van der Waals surface area contributed by atoms with Crippen LogP contribution in [0.4, 0.5) is 5.69 Å². The van der Waals surface area contributed by atoms with Gasteiger partial charge in [-0.1, -0.05) is 23.2 Å². The minimum absolute atomic E-state index is 0.212. The van der Waals surface area contributed by atoms with Gasteiger partial charge >= 0.3 is 16.8 Å². The second kappa shape index (κ2) is 3.82. The van der Waals surface area contributed by atoms with Crippen LogP contribution in [0, 0.1) is 10.1 Å². The molecule has 0 saturated carbocycles. The van der Waals surface area contributed by atoms with Crippen LogP contribution >= 0.6 is 23.2 Å². The fourth-order valence-electron chi connectivity index (χ4n) is 1.24. The van der Waals surface area contributed by atoms with E-state index in [1.165, 1.54) is 0 Å². The van der Waals surface area contributed by atoms with Crippen molar-refractivity contribution in [1.29, 1.82) is 0 Å². The summed E-state index contributed by atoms with van der Waals surface area (Å²) in [5, 5.41) is 10.1. The molecule has 0 aliphatic carbocycles. The first-order valence-corrected chi connectivity index (χ1v) is 4.83. The lowest BCUT2D eigenvalue weighted by atomic mass is 10.3. The van der Waals surface area contributed by atoms with E-state index in [-0.39, 0.29) is 16.3 Å². The molecule has 2 rings (SSSR count). The Bertz CT molecular complexity index is 750. The topological polar surface area (TPSA) is 122 Å². The zero-order valence-electron chi connectivity index (χ0n) is 7.78. The van der Waals surface area contributed by atoms with E-state index in [0.717, 1.165) is 0 Å². The molecule has 88 valence electrons. The molecule has 0 aromatic carbocycles. The summed E-state index contributed by atoms with van der Waals surface area (Å²) in [6.07, 6.45) is 0. The number of nitro groups is 1. The Morgan fingerprint density at radius 2 is 1.76 bits per heavy atom. The van der Waals surface area contributed by atoms with Gasteiger partial charge in [0.05, 0.1) is 4.92 Å². The third kappa shape index (κ3) is 1.77. The average Bonchev–Trinajstić information content (AvgIpc) is 2.23. The monoisotopic (exact) mass is 276 g/mol. The molecule has 17 heavy (non-hydrogen) atoms. The van der Waals surface area contributed by atoms with Crippen molar-refractivity contribution in [3.8, 4) is 0 Å². The molecule has 2 aromatic rings. The van der Waals surface area contributed by atoms with Gasteiger partial charge in [-0.25, -0.2) is 4.98 Å². The molecule has 0 atom stereocenters. The van der Waals surface area contributed by atoms with Crippen LogP contribution in [0.5, 0.6) is 0 Å². The van der Waals surface area contributed by atoms with Crippen molar-refractivity contribution in [3.63, 3.8) is 0 Å². The summed E-state index contributed by atoms with van der Waals surface area (Å²) >= 11 is 11.2. The van der Waals surface area contributed by atoms with Gasteiger partial charge in [0.25, 0.3) is 0 Å². The lowest BCUT2D eigenvalue weighted by Gasteiger charge is -2.01. The molecule has 0 aliphatic rings. The first-order chi connectivity index (χ1) is 7.91. The van der Waals surface area contributed by atoms with Gasteiger partial charge in [0.1, 0.15) is 0 Å². The van der Waals surface area contributed by atoms with Crippen LogP contribution in [0.15, 0.2) is 9.59 Å². The predicted molar refractivity (Wildman–Crippen MR) is 59.7 cm³/mol. The highest BCUT2D eigenvalue weighted by molar-refractivity contribution is 6.43. The zero-order chi connectivity index (χ0) is 12.7. The Kier molecular flexibility index (Phi) is 2.60. The molecular formula is C7H2Cl2N4O4. The summed E-state index contributed by atoms with van der Waals surface area (Å²) in [5.74, 6) is 0. The quantitative estimate of drug-likeness (QED) is 0.346. The summed E-state index contributed by atoms with van der Waals surface area (Å²) in [6.45, 7) is 0. The molecule has 0 fully saturated rings. The van der Waals surface area contributed by atoms with Gasteiger partial charge in [-0.15, -0.1) is 0 Å². The summed E-state index contributed by atoms with van der Waals surface area (Å²) in [4.78, 5) is 39.8. The van der Waals surface area contributed by atoms with Gasteiger partial charge in [-0.3, -0.25) is 19.7 Å². The van der Waals surface area contributed by atoms with Crippen molar-refractivity contribution in [2.24, 2.45) is 0 Å². The Balaban J connectivity index is 3.09. The number of nitrogens with zero attached hydrogens (tertiary/aromatic N) is 2. The van der Waals surface area contributed by atoms with Crippen LogP contribution in [0.3, 0.4) is 0 Å². The van der Waals surface area contributed by atoms with Gasteiger partial charge in [0.15, 0.2) is 21.3 Å². The fraction of sp³-hybridized carbons (Fsp3) is 0. The molecule has 2 heterocycles. The van der Waals surface area contributed by atoms with E-state index in [2.05, 4.69) is 9.97 Å². The summed E-state index contributed by atoms with van der Waals surface area (Å²) < 4.78 is 0. The van der Waals surface area contributed by atoms with E-state index in [1.807, 2.05) is 4.98 Å². The van der Waals surface area contributed by atoms with E-state index in [1.54, 1.807) is 0 Å². The summed E-state index contributed by atoms with van der Waals surface area (Å²) in [7, 11) is 0. The lowest BCUT2D eigenvalue weighted by Crippen LogP contribution is -2.29. The Morgan fingerprint density at radius 3 is 2.35 bits per heavy atom. The van der Waals surface area contributed by atoms with E-state index in [9.17, 15) is 19.7 Å². The van der Waals surface area contributed by atoms with Crippen molar-refractivity contribution >= 4 is 40.1 Å². The summed E-state index contributed by atoms with van der Waals surface area (Å²) in [6, 6.07) is 0. The van der Waals surface area contributed by atoms with Gasteiger partial charge in [-0.2, -0.15) is 0 Å². The molecule has 0 amide bonds. The molecule has 2 aromatic heterocycles. The molecule has 0 saturated heterocycles. The largest absolute Gasteiger partial charge is 0.318 e. The lowest BCUT2D eigenvalue weighted by molar-refractivity contribution is -0.383. The molecule has 10 heteroatoms. The van der Waals surface area contributed by atoms with Crippen molar-refractivity contribution in [2.75, 3.05) is 0 Å². The Hall–Kier alpha value is -1.93. The second-order valence-corrected chi connectivity index (χ2v) is 3.69. The van der Waals surface area contributed by atoms with Gasteiger partial charge in [0, 0.05) is 0 Å². The SMILES string of the molecule is O=c1[nH]c2nc(Cl)c(Cl)c([N+](=O)[O-])c2[nH]c1=O.